The topological polar surface area (TPSA) is 35.1 Å². The monoisotopic (exact) mass is 384 g/mol. The van der Waals surface area contributed by atoms with Gasteiger partial charge in [0.15, 0.2) is 0 Å². The highest BCUT2D eigenvalue weighted by Gasteiger charge is 2.18. The van der Waals surface area contributed by atoms with E-state index in [1.165, 1.54) is 38.0 Å². The molecule has 7 rings (SSSR count). The fourth-order valence-corrected chi connectivity index (χ4v) is 4.86. The van der Waals surface area contributed by atoms with E-state index in [2.05, 4.69) is 86.7 Å². The molecule has 0 saturated heterocycles. The molecule has 4 aromatic heterocycles. The van der Waals surface area contributed by atoms with Crippen molar-refractivity contribution < 1.29 is 0 Å². The molecule has 0 aliphatic heterocycles. The molecule has 7 aromatic rings. The van der Waals surface area contributed by atoms with E-state index in [0.717, 1.165) is 16.9 Å². The molecule has 4 heteroatoms. The van der Waals surface area contributed by atoms with E-state index in [-0.39, 0.29) is 0 Å². The summed E-state index contributed by atoms with van der Waals surface area (Å²) in [5.74, 6) is 0. The number of nitrogens with zero attached hydrogens (tertiary/aromatic N) is 4. The molecule has 140 valence electrons. The highest BCUT2D eigenvalue weighted by molar-refractivity contribution is 6.28. The quantitative estimate of drug-likeness (QED) is 0.319. The van der Waals surface area contributed by atoms with Gasteiger partial charge in [-0.15, -0.1) is 0 Å². The zero-order valence-corrected chi connectivity index (χ0v) is 16.0. The molecular weight excluding hydrogens is 368 g/mol. The van der Waals surface area contributed by atoms with E-state index in [9.17, 15) is 0 Å². The highest BCUT2D eigenvalue weighted by Crippen LogP contribution is 2.40. The van der Waals surface area contributed by atoms with Crippen LogP contribution in [0.4, 0.5) is 0 Å². The van der Waals surface area contributed by atoms with Gasteiger partial charge in [0, 0.05) is 45.8 Å². The van der Waals surface area contributed by atoms with Gasteiger partial charge < -0.3 is 4.57 Å². The molecular formula is C26H16N4. The minimum Gasteiger partial charge on any atom is -0.309 e. The number of rotatable bonds is 1. The molecule has 0 bridgehead atoms. The number of hydrogen-bond acceptors (Lipinski definition) is 2. The standard InChI is InChI=1S/C26H16N4/c1-2-6-17(7-3-1)30-21-9-5-4-8-20(21)24-22(30)11-10-19-18-12-13-27-16-23(18)29-15-14-28-26(29)25(19)24/h1-16H. The second kappa shape index (κ2) is 5.67. The van der Waals surface area contributed by atoms with E-state index < -0.39 is 0 Å². The normalized spacial score (nSPS) is 12.0. The van der Waals surface area contributed by atoms with Crippen LogP contribution < -0.4 is 0 Å². The second-order valence-electron chi connectivity index (χ2n) is 7.58. The summed E-state index contributed by atoms with van der Waals surface area (Å²) in [5.41, 5.74) is 5.59. The van der Waals surface area contributed by atoms with Crippen LogP contribution in [0.25, 0.3) is 54.8 Å². The van der Waals surface area contributed by atoms with Crippen molar-refractivity contribution in [2.24, 2.45) is 0 Å². The van der Waals surface area contributed by atoms with Crippen molar-refractivity contribution in [2.45, 2.75) is 0 Å². The van der Waals surface area contributed by atoms with Gasteiger partial charge in [-0.05, 0) is 35.7 Å². The smallest absolute Gasteiger partial charge is 0.145 e. The Bertz CT molecular complexity index is 1740. The van der Waals surface area contributed by atoms with Crippen LogP contribution in [0.1, 0.15) is 0 Å². The summed E-state index contributed by atoms with van der Waals surface area (Å²) in [4.78, 5) is 9.11. The van der Waals surface area contributed by atoms with Crippen LogP contribution in [0.2, 0.25) is 0 Å². The van der Waals surface area contributed by atoms with Crippen molar-refractivity contribution in [3.63, 3.8) is 0 Å². The van der Waals surface area contributed by atoms with E-state index in [1.54, 1.807) is 0 Å². The molecule has 0 N–H and O–H groups in total. The minimum absolute atomic E-state index is 0.965. The number of hydrogen-bond donors (Lipinski definition) is 0. The fourth-order valence-electron chi connectivity index (χ4n) is 4.86. The molecule has 0 saturated carbocycles. The first-order valence-electron chi connectivity index (χ1n) is 10.0. The first-order valence-corrected chi connectivity index (χ1v) is 10.0. The summed E-state index contributed by atoms with van der Waals surface area (Å²) in [6.07, 6.45) is 7.67. The van der Waals surface area contributed by atoms with E-state index in [1.807, 2.05) is 24.8 Å². The molecule has 0 unspecified atom stereocenters. The molecule has 0 atom stereocenters. The predicted octanol–water partition coefficient (Wildman–Crippen LogP) is 6.13. The van der Waals surface area contributed by atoms with E-state index in [4.69, 9.17) is 4.98 Å². The van der Waals surface area contributed by atoms with Crippen molar-refractivity contribution in [1.29, 1.82) is 0 Å². The average molecular weight is 384 g/mol. The van der Waals surface area contributed by atoms with Gasteiger partial charge in [-0.25, -0.2) is 4.98 Å². The Balaban J connectivity index is 1.82. The average Bonchev–Trinajstić information content (AvgIpc) is 3.43. The third kappa shape index (κ3) is 1.90. The Hall–Kier alpha value is -4.18. The Morgan fingerprint density at radius 2 is 1.47 bits per heavy atom. The maximum atomic E-state index is 4.76. The molecule has 30 heavy (non-hydrogen) atoms. The lowest BCUT2D eigenvalue weighted by atomic mass is 10.0. The Labute approximate surface area is 171 Å². The number of aromatic nitrogens is 4. The van der Waals surface area contributed by atoms with Gasteiger partial charge in [-0.1, -0.05) is 42.5 Å². The van der Waals surface area contributed by atoms with Crippen LogP contribution in [0.3, 0.4) is 0 Å². The molecule has 0 radical (unpaired) electrons. The summed E-state index contributed by atoms with van der Waals surface area (Å²) < 4.78 is 4.50. The van der Waals surface area contributed by atoms with Gasteiger partial charge in [0.2, 0.25) is 0 Å². The maximum Gasteiger partial charge on any atom is 0.145 e. The molecule has 3 aromatic carbocycles. The summed E-state index contributed by atoms with van der Waals surface area (Å²) in [6, 6.07) is 25.7. The first-order chi connectivity index (χ1) is 14.9. The number of para-hydroxylation sites is 2. The first kappa shape index (κ1) is 15.7. The van der Waals surface area contributed by atoms with Crippen molar-refractivity contribution in [3.05, 3.63) is 97.6 Å². The van der Waals surface area contributed by atoms with Gasteiger partial charge in [-0.3, -0.25) is 9.38 Å². The molecule has 4 nitrogen and oxygen atoms in total. The van der Waals surface area contributed by atoms with E-state index >= 15 is 0 Å². The largest absolute Gasteiger partial charge is 0.309 e. The number of fused-ring (bicyclic) bond motifs is 10. The van der Waals surface area contributed by atoms with Crippen molar-refractivity contribution in [1.82, 2.24) is 18.9 Å². The molecule has 0 amide bonds. The van der Waals surface area contributed by atoms with E-state index in [0.29, 0.717) is 0 Å². The Morgan fingerprint density at radius 1 is 0.600 bits per heavy atom. The van der Waals surface area contributed by atoms with Gasteiger partial charge in [0.1, 0.15) is 5.65 Å². The Kier molecular flexibility index (Phi) is 2.97. The van der Waals surface area contributed by atoms with Crippen molar-refractivity contribution in [2.75, 3.05) is 0 Å². The SMILES string of the molecule is c1ccc(-n2c3ccccc3c3c4c(ccc32)c2ccncc2n2ccnc42)cc1. The van der Waals surface area contributed by atoms with Gasteiger partial charge in [0.05, 0.1) is 22.7 Å². The third-order valence-electron chi connectivity index (χ3n) is 6.07. The molecule has 0 aliphatic rings. The molecule has 4 heterocycles. The van der Waals surface area contributed by atoms with Crippen LogP contribution in [0.15, 0.2) is 97.6 Å². The lowest BCUT2D eigenvalue weighted by Crippen LogP contribution is -1.94. The van der Waals surface area contributed by atoms with Crippen LogP contribution >= 0.6 is 0 Å². The predicted molar refractivity (Wildman–Crippen MR) is 122 cm³/mol. The maximum absolute atomic E-state index is 4.76. The fraction of sp³-hybridized carbons (Fsp3) is 0. The third-order valence-corrected chi connectivity index (χ3v) is 6.07. The number of pyridine rings is 2. The van der Waals surface area contributed by atoms with Gasteiger partial charge >= 0.3 is 0 Å². The lowest BCUT2D eigenvalue weighted by molar-refractivity contribution is 1.18. The molecule has 0 spiro atoms. The van der Waals surface area contributed by atoms with Crippen LogP contribution in [-0.4, -0.2) is 18.9 Å². The van der Waals surface area contributed by atoms with Gasteiger partial charge in [-0.2, -0.15) is 0 Å². The van der Waals surface area contributed by atoms with Crippen LogP contribution in [0, 0.1) is 0 Å². The zero-order valence-electron chi connectivity index (χ0n) is 16.0. The lowest BCUT2D eigenvalue weighted by Gasteiger charge is -2.10. The van der Waals surface area contributed by atoms with Crippen LogP contribution in [-0.2, 0) is 0 Å². The summed E-state index contributed by atoms with van der Waals surface area (Å²) in [6.45, 7) is 0. The summed E-state index contributed by atoms with van der Waals surface area (Å²) >= 11 is 0. The summed E-state index contributed by atoms with van der Waals surface area (Å²) in [7, 11) is 0. The second-order valence-corrected chi connectivity index (χ2v) is 7.58. The van der Waals surface area contributed by atoms with Crippen molar-refractivity contribution >= 4 is 49.1 Å². The minimum atomic E-state index is 0.965. The Morgan fingerprint density at radius 3 is 2.40 bits per heavy atom. The zero-order chi connectivity index (χ0) is 19.7. The highest BCUT2D eigenvalue weighted by atomic mass is 15.0. The van der Waals surface area contributed by atoms with Crippen molar-refractivity contribution in [3.8, 4) is 5.69 Å². The number of imidazole rings is 1. The van der Waals surface area contributed by atoms with Crippen LogP contribution in [0.5, 0.6) is 0 Å². The number of benzene rings is 3. The van der Waals surface area contributed by atoms with Gasteiger partial charge in [0.25, 0.3) is 0 Å². The molecule has 0 aliphatic carbocycles. The molecule has 0 fully saturated rings. The summed E-state index contributed by atoms with van der Waals surface area (Å²) in [5, 5.41) is 6.04.